The van der Waals surface area contributed by atoms with Crippen molar-refractivity contribution >= 4 is 23.2 Å². The fraction of sp³-hybridized carbons (Fsp3) is 0.348. The highest BCUT2D eigenvalue weighted by atomic mass is 32.2. The molecular weight excluding hydrogens is 350 g/mol. The fourth-order valence-electron chi connectivity index (χ4n) is 2.78. The molecule has 1 aromatic carbocycles. The molecule has 1 atom stereocenters. The van der Waals surface area contributed by atoms with Crippen LogP contribution in [0.15, 0.2) is 66.2 Å². The molecule has 1 aromatic heterocycles. The highest BCUT2D eigenvalue weighted by Gasteiger charge is 2.13. The van der Waals surface area contributed by atoms with E-state index in [9.17, 15) is 0 Å². The summed E-state index contributed by atoms with van der Waals surface area (Å²) in [6, 6.07) is 10.4. The van der Waals surface area contributed by atoms with Gasteiger partial charge < -0.3 is 9.88 Å². The summed E-state index contributed by atoms with van der Waals surface area (Å²) in [6.45, 7) is 15.4. The maximum absolute atomic E-state index is 4.76. The number of benzene rings is 1. The number of aromatic amines is 1. The second kappa shape index (κ2) is 10.8. The number of hydrogen-bond donors (Lipinski definition) is 1. The Bertz CT molecular complexity index is 761. The van der Waals surface area contributed by atoms with E-state index in [1.807, 2.05) is 23.4 Å². The molecule has 0 fully saturated rings. The maximum Gasteiger partial charge on any atom is 0.151 e. The van der Waals surface area contributed by atoms with E-state index in [4.69, 9.17) is 4.98 Å². The average Bonchev–Trinajstić information content (AvgIpc) is 3.19. The maximum atomic E-state index is 4.76. The van der Waals surface area contributed by atoms with Gasteiger partial charge in [0.05, 0.1) is 6.54 Å². The fourth-order valence-corrected chi connectivity index (χ4v) is 3.47. The predicted molar refractivity (Wildman–Crippen MR) is 121 cm³/mol. The van der Waals surface area contributed by atoms with Crippen molar-refractivity contribution in [2.75, 3.05) is 11.4 Å². The molecule has 3 nitrogen and oxygen atoms in total. The van der Waals surface area contributed by atoms with E-state index in [1.54, 1.807) is 11.8 Å². The van der Waals surface area contributed by atoms with Crippen molar-refractivity contribution in [2.45, 2.75) is 46.0 Å². The minimum absolute atomic E-state index is 0.444. The van der Waals surface area contributed by atoms with Gasteiger partial charge in [0.15, 0.2) is 5.82 Å². The molecule has 0 spiro atoms. The SMILES string of the molecule is C=CN(CC(=C)S/C=C(\C)c1ccccc1)c1c[nH]c(C(C)CCCC)n1. The minimum Gasteiger partial charge on any atom is -0.346 e. The van der Waals surface area contributed by atoms with Crippen molar-refractivity contribution in [3.05, 3.63) is 77.6 Å². The van der Waals surface area contributed by atoms with Crippen LogP contribution >= 0.6 is 11.8 Å². The van der Waals surface area contributed by atoms with Gasteiger partial charge in [0.1, 0.15) is 5.82 Å². The van der Waals surface area contributed by atoms with Gasteiger partial charge in [0.2, 0.25) is 0 Å². The lowest BCUT2D eigenvalue weighted by atomic mass is 10.0. The van der Waals surface area contributed by atoms with E-state index in [0.29, 0.717) is 12.5 Å². The summed E-state index contributed by atoms with van der Waals surface area (Å²) in [4.78, 5) is 11.2. The zero-order valence-corrected chi connectivity index (χ0v) is 17.6. The van der Waals surface area contributed by atoms with Gasteiger partial charge in [0, 0.05) is 17.0 Å². The van der Waals surface area contributed by atoms with E-state index < -0.39 is 0 Å². The lowest BCUT2D eigenvalue weighted by molar-refractivity contribution is 0.601. The highest BCUT2D eigenvalue weighted by molar-refractivity contribution is 8.06. The Kier molecular flexibility index (Phi) is 8.46. The highest BCUT2D eigenvalue weighted by Crippen LogP contribution is 2.26. The number of rotatable bonds is 11. The predicted octanol–water partition coefficient (Wildman–Crippen LogP) is 6.96. The molecule has 0 amide bonds. The number of H-pyrrole nitrogens is 1. The molecule has 0 aliphatic carbocycles. The molecule has 1 unspecified atom stereocenters. The molecule has 2 aromatic rings. The largest absolute Gasteiger partial charge is 0.346 e. The second-order valence-corrected chi connectivity index (χ2v) is 7.87. The summed E-state index contributed by atoms with van der Waals surface area (Å²) in [5.41, 5.74) is 2.47. The van der Waals surface area contributed by atoms with Crippen LogP contribution in [-0.4, -0.2) is 16.5 Å². The van der Waals surface area contributed by atoms with Crippen LogP contribution in [0.4, 0.5) is 5.82 Å². The standard InChI is InChI=1S/C23H31N3S/c1-6-8-12-18(3)23-24-15-22(25-23)26(7-2)16-20(5)27-17-19(4)21-13-10-9-11-14-21/h7,9-11,13-15,17-18H,2,5-6,8,12,16H2,1,3-4H3,(H,24,25)/b19-17+. The number of hydrogen-bond acceptors (Lipinski definition) is 3. The van der Waals surface area contributed by atoms with Gasteiger partial charge in [-0.05, 0) is 36.1 Å². The van der Waals surface area contributed by atoms with Gasteiger partial charge in [-0.25, -0.2) is 4.98 Å². The molecule has 0 saturated heterocycles. The molecule has 144 valence electrons. The van der Waals surface area contributed by atoms with Crippen LogP contribution in [0.5, 0.6) is 0 Å². The molecule has 1 N–H and O–H groups in total. The Balaban J connectivity index is 1.95. The number of anilines is 1. The van der Waals surface area contributed by atoms with Crippen molar-refractivity contribution in [1.82, 2.24) is 9.97 Å². The van der Waals surface area contributed by atoms with Gasteiger partial charge >= 0.3 is 0 Å². The van der Waals surface area contributed by atoms with Gasteiger partial charge in [-0.15, -0.1) is 11.8 Å². The van der Waals surface area contributed by atoms with Gasteiger partial charge in [-0.2, -0.15) is 0 Å². The molecule has 27 heavy (non-hydrogen) atoms. The van der Waals surface area contributed by atoms with Crippen molar-refractivity contribution in [3.8, 4) is 0 Å². The summed E-state index contributed by atoms with van der Waals surface area (Å²) < 4.78 is 0. The van der Waals surface area contributed by atoms with Crippen LogP contribution in [-0.2, 0) is 0 Å². The first-order valence-corrected chi connectivity index (χ1v) is 10.4. The summed E-state index contributed by atoms with van der Waals surface area (Å²) in [6.07, 6.45) is 7.37. The Labute approximate surface area is 168 Å². The van der Waals surface area contributed by atoms with Crippen LogP contribution in [0.1, 0.15) is 57.3 Å². The van der Waals surface area contributed by atoms with Crippen LogP contribution in [0, 0.1) is 0 Å². The number of nitrogens with one attached hydrogen (secondary N) is 1. The lowest BCUT2D eigenvalue weighted by Gasteiger charge is -2.18. The van der Waals surface area contributed by atoms with Crippen LogP contribution < -0.4 is 4.90 Å². The zero-order valence-electron chi connectivity index (χ0n) is 16.7. The Morgan fingerprint density at radius 2 is 2.07 bits per heavy atom. The molecular formula is C23H31N3S. The topological polar surface area (TPSA) is 31.9 Å². The minimum atomic E-state index is 0.444. The van der Waals surface area contributed by atoms with Gasteiger partial charge in [0.25, 0.3) is 0 Å². The van der Waals surface area contributed by atoms with Crippen molar-refractivity contribution in [3.63, 3.8) is 0 Å². The van der Waals surface area contributed by atoms with E-state index in [2.05, 4.69) is 68.6 Å². The third-order valence-corrected chi connectivity index (χ3v) is 5.47. The van der Waals surface area contributed by atoms with E-state index in [1.165, 1.54) is 24.0 Å². The molecule has 0 radical (unpaired) electrons. The van der Waals surface area contributed by atoms with Crippen LogP contribution in [0.3, 0.4) is 0 Å². The molecule has 2 rings (SSSR count). The zero-order chi connectivity index (χ0) is 19.6. The van der Waals surface area contributed by atoms with Crippen molar-refractivity contribution in [1.29, 1.82) is 0 Å². The molecule has 0 aliphatic heterocycles. The number of unbranched alkanes of at least 4 members (excludes halogenated alkanes) is 1. The summed E-state index contributed by atoms with van der Waals surface area (Å²) in [5.74, 6) is 2.39. The Hall–Kier alpha value is -2.20. The Morgan fingerprint density at radius 3 is 2.74 bits per heavy atom. The third-order valence-electron chi connectivity index (χ3n) is 4.53. The van der Waals surface area contributed by atoms with E-state index >= 15 is 0 Å². The number of nitrogens with zero attached hydrogens (tertiary/aromatic N) is 2. The molecule has 1 heterocycles. The monoisotopic (exact) mass is 381 g/mol. The number of allylic oxidation sites excluding steroid dienone is 1. The quantitative estimate of drug-likeness (QED) is 0.456. The Morgan fingerprint density at radius 1 is 1.33 bits per heavy atom. The molecule has 0 bridgehead atoms. The summed E-state index contributed by atoms with van der Waals surface area (Å²) in [7, 11) is 0. The van der Waals surface area contributed by atoms with Crippen LogP contribution in [0.25, 0.3) is 5.57 Å². The summed E-state index contributed by atoms with van der Waals surface area (Å²) >= 11 is 1.66. The third kappa shape index (κ3) is 6.47. The molecule has 4 heteroatoms. The van der Waals surface area contributed by atoms with Crippen LogP contribution in [0.2, 0.25) is 0 Å². The average molecular weight is 382 g/mol. The first-order chi connectivity index (χ1) is 13.0. The first-order valence-electron chi connectivity index (χ1n) is 9.56. The molecule has 0 saturated carbocycles. The first kappa shape index (κ1) is 21.1. The van der Waals surface area contributed by atoms with E-state index in [0.717, 1.165) is 23.0 Å². The normalized spacial score (nSPS) is 12.6. The smallest absolute Gasteiger partial charge is 0.151 e. The van der Waals surface area contributed by atoms with E-state index in [-0.39, 0.29) is 0 Å². The van der Waals surface area contributed by atoms with Crippen molar-refractivity contribution in [2.24, 2.45) is 0 Å². The lowest BCUT2D eigenvalue weighted by Crippen LogP contribution is -2.17. The second-order valence-electron chi connectivity index (χ2n) is 6.82. The number of imidazole rings is 1. The number of aromatic nitrogens is 2. The van der Waals surface area contributed by atoms with Crippen molar-refractivity contribution < 1.29 is 0 Å². The van der Waals surface area contributed by atoms with Gasteiger partial charge in [-0.1, -0.05) is 70.2 Å². The molecule has 0 aliphatic rings. The summed E-state index contributed by atoms with van der Waals surface area (Å²) in [5, 5.41) is 2.15. The number of thioether (sulfide) groups is 1. The van der Waals surface area contributed by atoms with Gasteiger partial charge in [-0.3, -0.25) is 0 Å².